The summed E-state index contributed by atoms with van der Waals surface area (Å²) >= 11 is 1.87. The molecule has 98 valence electrons. The van der Waals surface area contributed by atoms with Gasteiger partial charge in [0, 0.05) is 18.0 Å². The Morgan fingerprint density at radius 3 is 2.59 bits per heavy atom. The minimum Gasteiger partial charge on any atom is -0.330 e. The number of rotatable bonds is 7. The van der Waals surface area contributed by atoms with Crippen molar-refractivity contribution in [2.45, 2.75) is 27.2 Å². The van der Waals surface area contributed by atoms with Gasteiger partial charge in [0.05, 0.1) is 0 Å². The molecule has 0 saturated heterocycles. The van der Waals surface area contributed by atoms with E-state index in [1.165, 1.54) is 10.4 Å². The quantitative estimate of drug-likeness (QED) is 0.811. The van der Waals surface area contributed by atoms with Crippen molar-refractivity contribution >= 4 is 11.3 Å². The lowest BCUT2D eigenvalue weighted by Crippen LogP contribution is -2.34. The number of hydrogen-bond acceptors (Lipinski definition) is 3. The van der Waals surface area contributed by atoms with Crippen LogP contribution < -0.4 is 5.73 Å². The number of likely N-dealkylation sites (N-methyl/N-ethyl adjacent to an activating group) is 1. The van der Waals surface area contributed by atoms with E-state index < -0.39 is 0 Å². The first kappa shape index (κ1) is 14.7. The third-order valence-electron chi connectivity index (χ3n) is 3.48. The fourth-order valence-electron chi connectivity index (χ4n) is 2.00. The van der Waals surface area contributed by atoms with E-state index in [2.05, 4.69) is 44.2 Å². The Morgan fingerprint density at radius 2 is 2.12 bits per heavy atom. The molecule has 0 spiro atoms. The average Bonchev–Trinajstić information content (AvgIpc) is 2.68. The van der Waals surface area contributed by atoms with Crippen LogP contribution in [0.25, 0.3) is 0 Å². The molecule has 3 heteroatoms. The van der Waals surface area contributed by atoms with Crippen LogP contribution in [-0.2, 0) is 6.42 Å². The van der Waals surface area contributed by atoms with Crippen molar-refractivity contribution in [2.24, 2.45) is 17.6 Å². The zero-order chi connectivity index (χ0) is 12.8. The highest BCUT2D eigenvalue weighted by molar-refractivity contribution is 7.10. The summed E-state index contributed by atoms with van der Waals surface area (Å²) in [5.74, 6) is 1.29. The lowest BCUT2D eigenvalue weighted by molar-refractivity contribution is 0.243. The highest BCUT2D eigenvalue weighted by atomic mass is 32.1. The molecule has 0 radical (unpaired) electrons. The Bertz CT molecular complexity index is 320. The third kappa shape index (κ3) is 4.78. The maximum atomic E-state index is 5.81. The second kappa shape index (κ2) is 7.14. The summed E-state index contributed by atoms with van der Waals surface area (Å²) in [6, 6.07) is 2.21. The SMILES string of the molecule is Cc1ccsc1CCN(C)CC(CN)C(C)C. The van der Waals surface area contributed by atoms with Gasteiger partial charge in [-0.05, 0) is 55.8 Å². The van der Waals surface area contributed by atoms with Crippen molar-refractivity contribution in [2.75, 3.05) is 26.7 Å². The van der Waals surface area contributed by atoms with E-state index in [1.54, 1.807) is 0 Å². The molecule has 0 aliphatic rings. The second-order valence-corrected chi connectivity index (χ2v) is 6.28. The Balaban J connectivity index is 2.34. The number of nitrogens with zero attached hydrogens (tertiary/aromatic N) is 1. The van der Waals surface area contributed by atoms with Gasteiger partial charge >= 0.3 is 0 Å². The van der Waals surface area contributed by atoms with E-state index in [1.807, 2.05) is 11.3 Å². The van der Waals surface area contributed by atoms with Crippen LogP contribution in [-0.4, -0.2) is 31.6 Å². The van der Waals surface area contributed by atoms with Gasteiger partial charge in [-0.1, -0.05) is 13.8 Å². The first-order chi connectivity index (χ1) is 8.04. The molecule has 2 nitrogen and oxygen atoms in total. The number of aryl methyl sites for hydroxylation is 1. The molecule has 1 atom stereocenters. The highest BCUT2D eigenvalue weighted by Crippen LogP contribution is 2.17. The van der Waals surface area contributed by atoms with E-state index >= 15 is 0 Å². The van der Waals surface area contributed by atoms with Gasteiger partial charge in [-0.25, -0.2) is 0 Å². The van der Waals surface area contributed by atoms with Crippen molar-refractivity contribution in [3.05, 3.63) is 21.9 Å². The molecule has 0 aromatic carbocycles. The van der Waals surface area contributed by atoms with Crippen molar-refractivity contribution in [3.8, 4) is 0 Å². The van der Waals surface area contributed by atoms with Gasteiger partial charge in [0.2, 0.25) is 0 Å². The van der Waals surface area contributed by atoms with Gasteiger partial charge in [-0.3, -0.25) is 0 Å². The van der Waals surface area contributed by atoms with E-state index in [0.29, 0.717) is 11.8 Å². The fraction of sp³-hybridized carbons (Fsp3) is 0.714. The van der Waals surface area contributed by atoms with Gasteiger partial charge < -0.3 is 10.6 Å². The van der Waals surface area contributed by atoms with Crippen LogP contribution in [0, 0.1) is 18.8 Å². The number of hydrogen-bond donors (Lipinski definition) is 1. The van der Waals surface area contributed by atoms with Crippen LogP contribution in [0.1, 0.15) is 24.3 Å². The number of thiophene rings is 1. The summed E-state index contributed by atoms with van der Waals surface area (Å²) in [6.07, 6.45) is 1.16. The Hall–Kier alpha value is -0.380. The van der Waals surface area contributed by atoms with E-state index in [4.69, 9.17) is 5.73 Å². The van der Waals surface area contributed by atoms with Crippen LogP contribution in [0.5, 0.6) is 0 Å². The first-order valence-corrected chi connectivity index (χ1v) is 7.34. The highest BCUT2D eigenvalue weighted by Gasteiger charge is 2.14. The predicted molar refractivity (Wildman–Crippen MR) is 77.6 cm³/mol. The summed E-state index contributed by atoms with van der Waals surface area (Å²) < 4.78 is 0. The first-order valence-electron chi connectivity index (χ1n) is 6.46. The van der Waals surface area contributed by atoms with Crippen molar-refractivity contribution in [3.63, 3.8) is 0 Å². The zero-order valence-electron chi connectivity index (χ0n) is 11.6. The van der Waals surface area contributed by atoms with Crippen LogP contribution in [0.15, 0.2) is 11.4 Å². The summed E-state index contributed by atoms with van der Waals surface area (Å²) in [7, 11) is 2.20. The van der Waals surface area contributed by atoms with Gasteiger partial charge in [0.1, 0.15) is 0 Å². The van der Waals surface area contributed by atoms with Crippen molar-refractivity contribution in [1.29, 1.82) is 0 Å². The van der Waals surface area contributed by atoms with E-state index in [9.17, 15) is 0 Å². The average molecular weight is 254 g/mol. The van der Waals surface area contributed by atoms with Crippen molar-refractivity contribution < 1.29 is 0 Å². The van der Waals surface area contributed by atoms with E-state index in [-0.39, 0.29) is 0 Å². The molecule has 0 bridgehead atoms. The summed E-state index contributed by atoms with van der Waals surface area (Å²) in [5.41, 5.74) is 7.25. The van der Waals surface area contributed by atoms with E-state index in [0.717, 1.165) is 26.1 Å². The minimum absolute atomic E-state index is 0.615. The molecule has 0 aliphatic carbocycles. The molecule has 17 heavy (non-hydrogen) atoms. The summed E-state index contributed by atoms with van der Waals surface area (Å²) in [4.78, 5) is 3.93. The standard InChI is InChI=1S/C14H26N2S/c1-11(2)13(9-15)10-16(4)7-5-14-12(3)6-8-17-14/h6,8,11,13H,5,7,9-10,15H2,1-4H3. The monoisotopic (exact) mass is 254 g/mol. The zero-order valence-corrected chi connectivity index (χ0v) is 12.4. The molecule has 0 aliphatic heterocycles. The van der Waals surface area contributed by atoms with Crippen LogP contribution in [0.4, 0.5) is 0 Å². The van der Waals surface area contributed by atoms with Gasteiger partial charge in [-0.2, -0.15) is 0 Å². The second-order valence-electron chi connectivity index (χ2n) is 5.28. The minimum atomic E-state index is 0.615. The van der Waals surface area contributed by atoms with Gasteiger partial charge in [0.15, 0.2) is 0 Å². The lowest BCUT2D eigenvalue weighted by atomic mass is 9.95. The molecule has 1 aromatic heterocycles. The Labute approximate surface area is 110 Å². The maximum Gasteiger partial charge on any atom is 0.00871 e. The van der Waals surface area contributed by atoms with Crippen LogP contribution in [0.3, 0.4) is 0 Å². The molecule has 0 saturated carbocycles. The smallest absolute Gasteiger partial charge is 0.00871 e. The Morgan fingerprint density at radius 1 is 1.41 bits per heavy atom. The van der Waals surface area contributed by atoms with Gasteiger partial charge in [-0.15, -0.1) is 11.3 Å². The molecular weight excluding hydrogens is 228 g/mol. The normalized spacial score (nSPS) is 13.6. The topological polar surface area (TPSA) is 29.3 Å². The fourth-order valence-corrected chi connectivity index (χ4v) is 2.90. The molecule has 2 N–H and O–H groups in total. The molecular formula is C14H26N2S. The third-order valence-corrected chi connectivity index (χ3v) is 4.56. The largest absolute Gasteiger partial charge is 0.330 e. The molecule has 0 amide bonds. The molecule has 1 aromatic rings. The van der Waals surface area contributed by atoms with Crippen LogP contribution in [0.2, 0.25) is 0 Å². The molecule has 1 unspecified atom stereocenters. The summed E-state index contributed by atoms with van der Waals surface area (Å²) in [5, 5.41) is 2.18. The van der Waals surface area contributed by atoms with Crippen LogP contribution >= 0.6 is 11.3 Å². The molecule has 1 heterocycles. The molecule has 0 fully saturated rings. The summed E-state index contributed by atoms with van der Waals surface area (Å²) in [6.45, 7) is 9.75. The predicted octanol–water partition coefficient (Wildman–Crippen LogP) is 2.76. The van der Waals surface area contributed by atoms with Crippen molar-refractivity contribution in [1.82, 2.24) is 4.90 Å². The lowest BCUT2D eigenvalue weighted by Gasteiger charge is -2.25. The maximum absolute atomic E-state index is 5.81. The number of nitrogens with two attached hydrogens (primary N) is 1. The van der Waals surface area contributed by atoms with Gasteiger partial charge in [0.25, 0.3) is 0 Å². The molecule has 1 rings (SSSR count). The Kier molecular flexibility index (Phi) is 6.17.